The van der Waals surface area contributed by atoms with E-state index in [1.54, 1.807) is 0 Å². The van der Waals surface area contributed by atoms with Crippen LogP contribution in [0.1, 0.15) is 50.6 Å². The van der Waals surface area contributed by atoms with Crippen LogP contribution in [0, 0.1) is 5.92 Å². The monoisotopic (exact) mass is 258 g/mol. The molecule has 2 heterocycles. The number of fused-ring (bicyclic) bond motifs is 1. The number of hydrogen-bond donors (Lipinski definition) is 1. The molecular weight excluding hydrogens is 240 g/mol. The molecule has 5 nitrogen and oxygen atoms in total. The summed E-state index contributed by atoms with van der Waals surface area (Å²) < 4.78 is 1.81. The minimum atomic E-state index is -0.161. The summed E-state index contributed by atoms with van der Waals surface area (Å²) in [6.45, 7) is 0. The average Bonchev–Trinajstić information content (AvgIpc) is 3.15. The third-order valence-corrected chi connectivity index (χ3v) is 4.95. The largest absolute Gasteiger partial charge is 0.281 e. The first-order chi connectivity index (χ1) is 9.29. The van der Waals surface area contributed by atoms with E-state index in [0.717, 1.165) is 5.92 Å². The second kappa shape index (κ2) is 3.92. The summed E-state index contributed by atoms with van der Waals surface area (Å²) in [5, 5.41) is 2.86. The maximum Gasteiger partial charge on any atom is 0.281 e. The number of rotatable bonds is 2. The summed E-state index contributed by atoms with van der Waals surface area (Å²) in [6, 6.07) is 0. The van der Waals surface area contributed by atoms with Gasteiger partial charge in [0.05, 0.1) is 18.1 Å². The lowest BCUT2D eigenvalue weighted by Gasteiger charge is -2.29. The highest BCUT2D eigenvalue weighted by atomic mass is 16.1. The lowest BCUT2D eigenvalue weighted by Crippen LogP contribution is -2.26. The minimum Gasteiger partial charge on any atom is -0.266 e. The van der Waals surface area contributed by atoms with Gasteiger partial charge in [-0.3, -0.25) is 9.89 Å². The predicted octanol–water partition coefficient (Wildman–Crippen LogP) is 2.03. The number of H-pyrrole nitrogens is 1. The molecule has 2 aromatic heterocycles. The van der Waals surface area contributed by atoms with E-state index in [1.807, 2.05) is 10.7 Å². The van der Waals surface area contributed by atoms with Gasteiger partial charge in [0, 0.05) is 5.41 Å². The zero-order chi connectivity index (χ0) is 12.9. The summed E-state index contributed by atoms with van der Waals surface area (Å²) in [4.78, 5) is 19.9. The van der Waals surface area contributed by atoms with E-state index in [-0.39, 0.29) is 11.0 Å². The Morgan fingerprint density at radius 1 is 1.16 bits per heavy atom. The summed E-state index contributed by atoms with van der Waals surface area (Å²) in [5.41, 5.74) is 1.26. The molecule has 19 heavy (non-hydrogen) atoms. The van der Waals surface area contributed by atoms with Crippen LogP contribution in [-0.4, -0.2) is 19.6 Å². The molecule has 0 unspecified atom stereocenters. The summed E-state index contributed by atoms with van der Waals surface area (Å²) in [6.07, 6.45) is 12.4. The van der Waals surface area contributed by atoms with Crippen LogP contribution in [0.25, 0.3) is 5.78 Å². The summed E-state index contributed by atoms with van der Waals surface area (Å²) in [5.74, 6) is 1.36. The SMILES string of the molecule is O=c1cnc2ncc(C3(C4CCCCC4)CC3)n2[nH]1. The van der Waals surface area contributed by atoms with Gasteiger partial charge in [-0.15, -0.1) is 0 Å². The van der Waals surface area contributed by atoms with E-state index >= 15 is 0 Å². The third kappa shape index (κ3) is 1.64. The molecule has 0 spiro atoms. The van der Waals surface area contributed by atoms with E-state index in [1.165, 1.54) is 56.8 Å². The van der Waals surface area contributed by atoms with Gasteiger partial charge in [-0.05, 0) is 31.6 Å². The number of hydrogen-bond acceptors (Lipinski definition) is 3. The highest BCUT2D eigenvalue weighted by molar-refractivity contribution is 5.35. The van der Waals surface area contributed by atoms with E-state index < -0.39 is 0 Å². The number of aromatic nitrogens is 4. The van der Waals surface area contributed by atoms with Crippen LogP contribution in [0.3, 0.4) is 0 Å². The molecule has 0 bridgehead atoms. The number of aromatic amines is 1. The van der Waals surface area contributed by atoms with Crippen LogP contribution in [-0.2, 0) is 5.41 Å². The molecule has 0 amide bonds. The topological polar surface area (TPSA) is 63.1 Å². The molecule has 0 aromatic carbocycles. The lowest BCUT2D eigenvalue weighted by molar-refractivity contribution is 0.283. The van der Waals surface area contributed by atoms with E-state index in [4.69, 9.17) is 0 Å². The van der Waals surface area contributed by atoms with Crippen molar-refractivity contribution in [1.82, 2.24) is 19.6 Å². The van der Waals surface area contributed by atoms with Crippen molar-refractivity contribution in [3.05, 3.63) is 28.4 Å². The fraction of sp³-hybridized carbons (Fsp3) is 0.643. The van der Waals surface area contributed by atoms with Crippen molar-refractivity contribution < 1.29 is 0 Å². The van der Waals surface area contributed by atoms with Gasteiger partial charge in [0.15, 0.2) is 0 Å². The fourth-order valence-electron chi connectivity index (χ4n) is 3.81. The molecule has 0 radical (unpaired) electrons. The Hall–Kier alpha value is -1.65. The minimum absolute atomic E-state index is 0.161. The van der Waals surface area contributed by atoms with Crippen molar-refractivity contribution in [2.24, 2.45) is 5.92 Å². The van der Waals surface area contributed by atoms with Crippen LogP contribution in [0.2, 0.25) is 0 Å². The molecular formula is C14H18N4O. The second-order valence-corrected chi connectivity index (χ2v) is 6.00. The maximum atomic E-state index is 11.5. The van der Waals surface area contributed by atoms with Crippen LogP contribution >= 0.6 is 0 Å². The Kier molecular flexibility index (Phi) is 2.31. The lowest BCUT2D eigenvalue weighted by atomic mass is 9.76. The molecule has 2 aliphatic carbocycles. The summed E-state index contributed by atoms with van der Waals surface area (Å²) >= 11 is 0. The van der Waals surface area contributed by atoms with E-state index in [2.05, 4.69) is 15.1 Å². The van der Waals surface area contributed by atoms with E-state index in [9.17, 15) is 4.79 Å². The Morgan fingerprint density at radius 3 is 2.63 bits per heavy atom. The highest BCUT2D eigenvalue weighted by Crippen LogP contribution is 2.57. The molecule has 2 fully saturated rings. The third-order valence-electron chi connectivity index (χ3n) is 4.95. The molecule has 0 aliphatic heterocycles. The van der Waals surface area contributed by atoms with Crippen molar-refractivity contribution in [1.29, 1.82) is 0 Å². The standard InChI is InChI=1S/C14H18N4O/c19-12-9-16-13-15-8-11(18(13)17-12)14(6-7-14)10-4-2-1-3-5-10/h8-10H,1-7H2,(H,17,19). The quantitative estimate of drug-likeness (QED) is 0.896. The molecule has 2 aromatic rings. The summed E-state index contributed by atoms with van der Waals surface area (Å²) in [7, 11) is 0. The normalized spacial score (nSPS) is 22.7. The van der Waals surface area contributed by atoms with Gasteiger partial charge in [0.1, 0.15) is 0 Å². The Labute approximate surface area is 111 Å². The molecule has 1 N–H and O–H groups in total. The average molecular weight is 258 g/mol. The zero-order valence-electron chi connectivity index (χ0n) is 10.9. The first kappa shape index (κ1) is 11.2. The van der Waals surface area contributed by atoms with Crippen molar-refractivity contribution in [2.75, 3.05) is 0 Å². The number of nitrogens with zero attached hydrogens (tertiary/aromatic N) is 3. The molecule has 2 aliphatic rings. The van der Waals surface area contributed by atoms with Crippen LogP contribution in [0.5, 0.6) is 0 Å². The van der Waals surface area contributed by atoms with Crippen molar-refractivity contribution >= 4 is 5.78 Å². The second-order valence-electron chi connectivity index (χ2n) is 6.00. The van der Waals surface area contributed by atoms with Crippen LogP contribution < -0.4 is 5.56 Å². The van der Waals surface area contributed by atoms with Crippen LogP contribution in [0.4, 0.5) is 0 Å². The Morgan fingerprint density at radius 2 is 1.89 bits per heavy atom. The van der Waals surface area contributed by atoms with Crippen LogP contribution in [0.15, 0.2) is 17.2 Å². The molecule has 0 atom stereocenters. The smallest absolute Gasteiger partial charge is 0.266 e. The van der Waals surface area contributed by atoms with Crippen molar-refractivity contribution in [3.63, 3.8) is 0 Å². The molecule has 100 valence electrons. The highest BCUT2D eigenvalue weighted by Gasteiger charge is 2.52. The zero-order valence-corrected chi connectivity index (χ0v) is 10.9. The fourth-order valence-corrected chi connectivity index (χ4v) is 3.81. The first-order valence-corrected chi connectivity index (χ1v) is 7.23. The van der Waals surface area contributed by atoms with Gasteiger partial charge >= 0.3 is 0 Å². The molecule has 0 saturated heterocycles. The molecule has 4 rings (SSSR count). The Balaban J connectivity index is 1.81. The molecule has 2 saturated carbocycles. The van der Waals surface area contributed by atoms with Gasteiger partial charge in [0.25, 0.3) is 5.56 Å². The molecule has 5 heteroatoms. The predicted molar refractivity (Wildman–Crippen MR) is 71.1 cm³/mol. The van der Waals surface area contributed by atoms with Crippen molar-refractivity contribution in [2.45, 2.75) is 50.4 Å². The van der Waals surface area contributed by atoms with Gasteiger partial charge in [-0.25, -0.2) is 14.5 Å². The van der Waals surface area contributed by atoms with Gasteiger partial charge in [0.2, 0.25) is 5.78 Å². The number of imidazole rings is 1. The Bertz CT molecular complexity index is 661. The van der Waals surface area contributed by atoms with Gasteiger partial charge in [-0.2, -0.15) is 0 Å². The number of nitrogens with one attached hydrogen (secondary N) is 1. The van der Waals surface area contributed by atoms with E-state index in [0.29, 0.717) is 5.78 Å². The first-order valence-electron chi connectivity index (χ1n) is 7.23. The van der Waals surface area contributed by atoms with Crippen molar-refractivity contribution in [3.8, 4) is 0 Å². The van der Waals surface area contributed by atoms with Gasteiger partial charge < -0.3 is 0 Å². The maximum absolute atomic E-state index is 11.5. The van der Waals surface area contributed by atoms with Gasteiger partial charge in [-0.1, -0.05) is 19.3 Å².